The average Bonchev–Trinajstić information content (AvgIpc) is 2.99. The van der Waals surface area contributed by atoms with Gasteiger partial charge in [-0.15, -0.1) is 11.3 Å². The van der Waals surface area contributed by atoms with Crippen molar-refractivity contribution in [2.75, 3.05) is 4.72 Å². The van der Waals surface area contributed by atoms with E-state index in [9.17, 15) is 8.42 Å². The minimum absolute atomic E-state index is 0.280. The van der Waals surface area contributed by atoms with E-state index in [1.54, 1.807) is 35.7 Å². The molecule has 3 aromatic rings. The standard InChI is InChI=1S/C11H8N2O3S2/c14-18(15,11-2-1-5-17-11)13-8-3-4-10-9(6-8)12-7-16-10/h1-7,13H. The van der Waals surface area contributed by atoms with Gasteiger partial charge in [-0.05, 0) is 29.6 Å². The molecule has 0 fully saturated rings. The maximum Gasteiger partial charge on any atom is 0.271 e. The lowest BCUT2D eigenvalue weighted by Gasteiger charge is -2.05. The molecular formula is C11H8N2O3S2. The third-order valence-corrected chi connectivity index (χ3v) is 5.12. The average molecular weight is 280 g/mol. The molecule has 18 heavy (non-hydrogen) atoms. The molecule has 2 aromatic heterocycles. The van der Waals surface area contributed by atoms with Gasteiger partial charge in [-0.25, -0.2) is 13.4 Å². The molecule has 5 nitrogen and oxygen atoms in total. The number of fused-ring (bicyclic) bond motifs is 1. The van der Waals surface area contributed by atoms with Crippen LogP contribution in [0.15, 0.2) is 50.7 Å². The second-order valence-electron chi connectivity index (χ2n) is 3.57. The first-order chi connectivity index (χ1) is 8.65. The first-order valence-corrected chi connectivity index (χ1v) is 7.41. The molecule has 0 radical (unpaired) electrons. The van der Waals surface area contributed by atoms with E-state index in [-0.39, 0.29) is 4.21 Å². The molecule has 7 heteroatoms. The van der Waals surface area contributed by atoms with Crippen molar-refractivity contribution in [3.63, 3.8) is 0 Å². The third-order valence-electron chi connectivity index (χ3n) is 2.34. The van der Waals surface area contributed by atoms with E-state index in [2.05, 4.69) is 9.71 Å². The van der Waals surface area contributed by atoms with E-state index in [0.717, 1.165) is 0 Å². The van der Waals surface area contributed by atoms with Gasteiger partial charge in [0.2, 0.25) is 0 Å². The number of rotatable bonds is 3. The van der Waals surface area contributed by atoms with Crippen LogP contribution in [0.5, 0.6) is 0 Å². The van der Waals surface area contributed by atoms with E-state index in [1.807, 2.05) is 0 Å². The smallest absolute Gasteiger partial charge is 0.271 e. The zero-order chi connectivity index (χ0) is 12.6. The predicted octanol–water partition coefficient (Wildman–Crippen LogP) is 2.69. The van der Waals surface area contributed by atoms with Gasteiger partial charge in [0.25, 0.3) is 10.0 Å². The van der Waals surface area contributed by atoms with Gasteiger partial charge in [0, 0.05) is 0 Å². The Bertz CT molecular complexity index is 776. The van der Waals surface area contributed by atoms with Gasteiger partial charge >= 0.3 is 0 Å². The van der Waals surface area contributed by atoms with Crippen molar-refractivity contribution in [2.45, 2.75) is 4.21 Å². The van der Waals surface area contributed by atoms with E-state index < -0.39 is 10.0 Å². The highest BCUT2D eigenvalue weighted by Crippen LogP contribution is 2.22. The number of aromatic nitrogens is 1. The summed E-state index contributed by atoms with van der Waals surface area (Å²) in [5.41, 5.74) is 1.69. The Morgan fingerprint density at radius 1 is 1.28 bits per heavy atom. The van der Waals surface area contributed by atoms with E-state index >= 15 is 0 Å². The molecule has 0 saturated heterocycles. The van der Waals surface area contributed by atoms with Crippen LogP contribution < -0.4 is 4.72 Å². The van der Waals surface area contributed by atoms with Crippen molar-refractivity contribution < 1.29 is 12.8 Å². The molecule has 0 aliphatic carbocycles. The Morgan fingerprint density at radius 2 is 2.17 bits per heavy atom. The van der Waals surface area contributed by atoms with Gasteiger partial charge in [0.1, 0.15) is 9.73 Å². The van der Waals surface area contributed by atoms with Crippen LogP contribution in [0.4, 0.5) is 5.69 Å². The third kappa shape index (κ3) is 1.98. The summed E-state index contributed by atoms with van der Waals surface area (Å²) in [6, 6.07) is 8.19. The lowest BCUT2D eigenvalue weighted by atomic mass is 10.3. The van der Waals surface area contributed by atoms with Crippen molar-refractivity contribution in [3.8, 4) is 0 Å². The molecule has 1 aromatic carbocycles. The quantitative estimate of drug-likeness (QED) is 0.800. The molecule has 0 bridgehead atoms. The molecule has 0 aliphatic heterocycles. The van der Waals surface area contributed by atoms with Crippen LogP contribution in [0.3, 0.4) is 0 Å². The highest BCUT2D eigenvalue weighted by molar-refractivity contribution is 7.94. The zero-order valence-electron chi connectivity index (χ0n) is 9.03. The summed E-state index contributed by atoms with van der Waals surface area (Å²) in [5, 5.41) is 1.72. The Morgan fingerprint density at radius 3 is 2.94 bits per heavy atom. The number of nitrogens with one attached hydrogen (secondary N) is 1. The second kappa shape index (κ2) is 4.11. The van der Waals surface area contributed by atoms with Gasteiger partial charge in [-0.3, -0.25) is 4.72 Å². The topological polar surface area (TPSA) is 72.2 Å². The normalized spacial score (nSPS) is 11.8. The van der Waals surface area contributed by atoms with Crippen molar-refractivity contribution in [1.29, 1.82) is 0 Å². The number of oxazole rings is 1. The minimum Gasteiger partial charge on any atom is -0.443 e. The fourth-order valence-electron chi connectivity index (χ4n) is 1.54. The summed E-state index contributed by atoms with van der Waals surface area (Å²) < 4.78 is 31.9. The van der Waals surface area contributed by atoms with Crippen LogP contribution >= 0.6 is 11.3 Å². The van der Waals surface area contributed by atoms with Crippen molar-refractivity contribution in [3.05, 3.63) is 42.1 Å². The maximum absolute atomic E-state index is 12.0. The number of thiophene rings is 1. The molecule has 1 N–H and O–H groups in total. The summed E-state index contributed by atoms with van der Waals surface area (Å²) in [4.78, 5) is 3.97. The Hall–Kier alpha value is -1.86. The monoisotopic (exact) mass is 280 g/mol. The minimum atomic E-state index is -3.51. The zero-order valence-corrected chi connectivity index (χ0v) is 10.7. The highest BCUT2D eigenvalue weighted by Gasteiger charge is 2.15. The highest BCUT2D eigenvalue weighted by atomic mass is 32.2. The Balaban J connectivity index is 1.97. The van der Waals surface area contributed by atoms with E-state index in [1.165, 1.54) is 17.7 Å². The molecule has 2 heterocycles. The van der Waals surface area contributed by atoms with Crippen molar-refractivity contribution in [2.24, 2.45) is 0 Å². The molecule has 0 atom stereocenters. The number of hydrogen-bond acceptors (Lipinski definition) is 5. The first-order valence-electron chi connectivity index (χ1n) is 5.05. The summed E-state index contributed by atoms with van der Waals surface area (Å²) in [5.74, 6) is 0. The summed E-state index contributed by atoms with van der Waals surface area (Å²) in [7, 11) is -3.51. The molecule has 92 valence electrons. The van der Waals surface area contributed by atoms with Gasteiger partial charge in [0.15, 0.2) is 12.0 Å². The number of sulfonamides is 1. The second-order valence-corrected chi connectivity index (χ2v) is 6.43. The fourth-order valence-corrected chi connectivity index (χ4v) is 3.59. The molecular weight excluding hydrogens is 272 g/mol. The fraction of sp³-hybridized carbons (Fsp3) is 0. The van der Waals surface area contributed by atoms with Crippen LogP contribution in [0, 0.1) is 0 Å². The molecule has 0 amide bonds. The van der Waals surface area contributed by atoms with Gasteiger partial charge < -0.3 is 4.42 Å². The molecule has 0 aliphatic rings. The summed E-state index contributed by atoms with van der Waals surface area (Å²) >= 11 is 1.17. The van der Waals surface area contributed by atoms with Gasteiger partial charge in [-0.1, -0.05) is 6.07 Å². The molecule has 0 unspecified atom stereocenters. The predicted molar refractivity (Wildman–Crippen MR) is 69.1 cm³/mol. The van der Waals surface area contributed by atoms with Crippen LogP contribution in [-0.4, -0.2) is 13.4 Å². The number of anilines is 1. The SMILES string of the molecule is O=S(=O)(Nc1ccc2ocnc2c1)c1cccs1. The van der Waals surface area contributed by atoms with Crippen molar-refractivity contribution >= 4 is 38.1 Å². The van der Waals surface area contributed by atoms with Crippen LogP contribution in [0.1, 0.15) is 0 Å². The number of hydrogen-bond donors (Lipinski definition) is 1. The molecule has 3 rings (SSSR count). The molecule has 0 spiro atoms. The summed E-state index contributed by atoms with van der Waals surface area (Å²) in [6.07, 6.45) is 1.32. The largest absolute Gasteiger partial charge is 0.443 e. The van der Waals surface area contributed by atoms with Crippen LogP contribution in [0.2, 0.25) is 0 Å². The Labute approximate surface area is 107 Å². The van der Waals surface area contributed by atoms with Crippen molar-refractivity contribution in [1.82, 2.24) is 4.98 Å². The lowest BCUT2D eigenvalue weighted by molar-refractivity contribution is 0.601. The number of benzene rings is 1. The van der Waals surface area contributed by atoms with E-state index in [0.29, 0.717) is 16.8 Å². The lowest BCUT2D eigenvalue weighted by Crippen LogP contribution is -2.11. The summed E-state index contributed by atoms with van der Waals surface area (Å²) in [6.45, 7) is 0. The first kappa shape index (κ1) is 11.2. The number of nitrogens with zero attached hydrogens (tertiary/aromatic N) is 1. The maximum atomic E-state index is 12.0. The van der Waals surface area contributed by atoms with E-state index in [4.69, 9.17) is 4.42 Å². The van der Waals surface area contributed by atoms with Crippen LogP contribution in [0.25, 0.3) is 11.1 Å². The molecule has 0 saturated carbocycles. The van der Waals surface area contributed by atoms with Gasteiger partial charge in [-0.2, -0.15) is 0 Å². The van der Waals surface area contributed by atoms with Gasteiger partial charge in [0.05, 0.1) is 5.69 Å². The Kier molecular flexibility index (Phi) is 2.57. The van der Waals surface area contributed by atoms with Crippen LogP contribution in [-0.2, 0) is 10.0 Å².